The molecule has 2 nitrogen and oxygen atoms in total. The van der Waals surface area contributed by atoms with Crippen molar-refractivity contribution in [3.8, 4) is 0 Å². The molecule has 0 spiro atoms. The Morgan fingerprint density at radius 3 is 2.57 bits per heavy atom. The summed E-state index contributed by atoms with van der Waals surface area (Å²) >= 11 is 0. The summed E-state index contributed by atoms with van der Waals surface area (Å²) in [6.45, 7) is 3.57. The smallest absolute Gasteiger partial charge is 0.339 e. The molecule has 72 valence electrons. The first-order valence-electron chi connectivity index (χ1n) is 4.07. The lowest BCUT2D eigenvalue weighted by molar-refractivity contribution is -0.128. The van der Waals surface area contributed by atoms with Gasteiger partial charge in [0, 0.05) is 0 Å². The van der Waals surface area contributed by atoms with Gasteiger partial charge in [-0.1, -0.05) is 43.0 Å². The van der Waals surface area contributed by atoms with Gasteiger partial charge in [-0.2, -0.15) is 0 Å². The van der Waals surface area contributed by atoms with Crippen molar-refractivity contribution in [2.24, 2.45) is 0 Å². The lowest BCUT2D eigenvalue weighted by Gasteiger charge is -1.96. The fourth-order valence-corrected chi connectivity index (χ4v) is 1.06. The Morgan fingerprint density at radius 1 is 1.36 bits per heavy atom. The highest BCUT2D eigenvalue weighted by molar-refractivity contribution is 7.10. The Morgan fingerprint density at radius 2 is 2.00 bits per heavy atom. The van der Waals surface area contributed by atoms with Crippen LogP contribution in [0.1, 0.15) is 5.56 Å². The number of carbonyl (C=O) groups excluding carboxylic acids is 1. The van der Waals surface area contributed by atoms with Crippen LogP contribution in [0.4, 0.5) is 0 Å². The molecule has 0 radical (unpaired) electrons. The minimum atomic E-state index is -0.442. The SMILES string of the molecule is C=C(C=Cc1ccccc1)C(=O)OP. The lowest BCUT2D eigenvalue weighted by atomic mass is 10.2. The molecule has 1 rings (SSSR count). The molecule has 0 fully saturated rings. The highest BCUT2D eigenvalue weighted by atomic mass is 31.0. The minimum absolute atomic E-state index is 0.323. The van der Waals surface area contributed by atoms with Crippen LogP contribution in [-0.4, -0.2) is 5.97 Å². The molecule has 3 heteroatoms. The van der Waals surface area contributed by atoms with Crippen LogP contribution in [0.25, 0.3) is 6.08 Å². The van der Waals surface area contributed by atoms with Gasteiger partial charge in [-0.15, -0.1) is 0 Å². The van der Waals surface area contributed by atoms with Crippen LogP contribution in [0.3, 0.4) is 0 Å². The number of rotatable bonds is 3. The van der Waals surface area contributed by atoms with Crippen LogP contribution >= 0.6 is 9.47 Å². The van der Waals surface area contributed by atoms with Crippen LogP contribution in [-0.2, 0) is 9.32 Å². The summed E-state index contributed by atoms with van der Waals surface area (Å²) in [6.07, 6.45) is 3.44. The molecule has 0 saturated heterocycles. The van der Waals surface area contributed by atoms with E-state index in [0.717, 1.165) is 5.56 Å². The summed E-state index contributed by atoms with van der Waals surface area (Å²) in [5.74, 6) is -0.442. The summed E-state index contributed by atoms with van der Waals surface area (Å²) in [5, 5.41) is 0. The van der Waals surface area contributed by atoms with E-state index in [-0.39, 0.29) is 0 Å². The summed E-state index contributed by atoms with van der Waals surface area (Å²) in [4.78, 5) is 10.9. The standard InChI is InChI=1S/C11H11O2P/c1-9(11(12)13-14)7-8-10-5-3-2-4-6-10/h2-8H,1,14H2. The molecule has 0 bridgehead atoms. The third-order valence-electron chi connectivity index (χ3n) is 1.65. The van der Waals surface area contributed by atoms with E-state index in [2.05, 4.69) is 11.1 Å². The first-order valence-corrected chi connectivity index (χ1v) is 4.54. The molecule has 0 aliphatic rings. The fraction of sp³-hybridized carbons (Fsp3) is 0. The van der Waals surface area contributed by atoms with E-state index in [1.54, 1.807) is 6.08 Å². The first kappa shape index (κ1) is 10.7. The van der Waals surface area contributed by atoms with Gasteiger partial charge in [0.1, 0.15) is 0 Å². The molecule has 1 atom stereocenters. The van der Waals surface area contributed by atoms with E-state index in [1.807, 2.05) is 45.9 Å². The third kappa shape index (κ3) is 3.15. The molecule has 1 aromatic carbocycles. The van der Waals surface area contributed by atoms with Gasteiger partial charge in [-0.3, -0.25) is 0 Å². The highest BCUT2D eigenvalue weighted by Crippen LogP contribution is 2.06. The Bertz CT molecular complexity index is 355. The Hall–Kier alpha value is -1.40. The van der Waals surface area contributed by atoms with Gasteiger partial charge < -0.3 is 4.52 Å². The molecule has 0 aliphatic carbocycles. The maximum Gasteiger partial charge on any atom is 0.339 e. The van der Waals surface area contributed by atoms with Gasteiger partial charge in [-0.25, -0.2) is 4.79 Å². The number of hydrogen-bond donors (Lipinski definition) is 0. The van der Waals surface area contributed by atoms with Crippen molar-refractivity contribution in [1.29, 1.82) is 0 Å². The average molecular weight is 206 g/mol. The van der Waals surface area contributed by atoms with Crippen molar-refractivity contribution in [2.45, 2.75) is 0 Å². The molecule has 0 amide bonds. The molecular formula is C11H11O2P. The normalized spacial score (nSPS) is 10.1. The molecule has 1 unspecified atom stereocenters. The second kappa shape index (κ2) is 5.36. The maximum atomic E-state index is 10.9. The van der Waals surface area contributed by atoms with Crippen LogP contribution in [0.2, 0.25) is 0 Å². The second-order valence-corrected chi connectivity index (χ2v) is 2.91. The largest absolute Gasteiger partial charge is 0.448 e. The zero-order chi connectivity index (χ0) is 10.4. The average Bonchev–Trinajstić information content (AvgIpc) is 2.26. The molecule has 0 heterocycles. The molecule has 1 aromatic rings. The minimum Gasteiger partial charge on any atom is -0.448 e. The van der Waals surface area contributed by atoms with Crippen LogP contribution in [0, 0.1) is 0 Å². The molecular weight excluding hydrogens is 195 g/mol. The predicted octanol–water partition coefficient (Wildman–Crippen LogP) is 2.59. The molecule has 0 N–H and O–H groups in total. The van der Waals surface area contributed by atoms with Crippen LogP contribution in [0.5, 0.6) is 0 Å². The van der Waals surface area contributed by atoms with E-state index in [1.165, 1.54) is 0 Å². The fourth-order valence-electron chi connectivity index (χ4n) is 0.905. The maximum absolute atomic E-state index is 10.9. The van der Waals surface area contributed by atoms with Crippen LogP contribution in [0.15, 0.2) is 48.6 Å². The third-order valence-corrected chi connectivity index (χ3v) is 1.86. The van der Waals surface area contributed by atoms with Gasteiger partial charge in [0.15, 0.2) is 0 Å². The predicted molar refractivity (Wildman–Crippen MR) is 60.4 cm³/mol. The van der Waals surface area contributed by atoms with E-state index in [9.17, 15) is 4.79 Å². The lowest BCUT2D eigenvalue weighted by Crippen LogP contribution is -1.96. The number of hydrogen-bond acceptors (Lipinski definition) is 2. The topological polar surface area (TPSA) is 26.3 Å². The summed E-state index contributed by atoms with van der Waals surface area (Å²) in [6, 6.07) is 9.67. The van der Waals surface area contributed by atoms with E-state index in [0.29, 0.717) is 5.57 Å². The summed E-state index contributed by atoms with van der Waals surface area (Å²) in [7, 11) is 1.90. The first-order chi connectivity index (χ1) is 6.74. The molecule has 0 aromatic heterocycles. The zero-order valence-electron chi connectivity index (χ0n) is 7.64. The van der Waals surface area contributed by atoms with Gasteiger partial charge in [0.25, 0.3) is 0 Å². The van der Waals surface area contributed by atoms with E-state index < -0.39 is 5.97 Å². The van der Waals surface area contributed by atoms with Crippen molar-refractivity contribution < 1.29 is 9.32 Å². The van der Waals surface area contributed by atoms with Gasteiger partial charge in [0.2, 0.25) is 0 Å². The van der Waals surface area contributed by atoms with Crippen molar-refractivity contribution in [3.05, 3.63) is 54.1 Å². The highest BCUT2D eigenvalue weighted by Gasteiger charge is 2.00. The van der Waals surface area contributed by atoms with Gasteiger partial charge in [0.05, 0.1) is 15.0 Å². The van der Waals surface area contributed by atoms with Crippen molar-refractivity contribution in [1.82, 2.24) is 0 Å². The van der Waals surface area contributed by atoms with Crippen molar-refractivity contribution >= 4 is 21.5 Å². The zero-order valence-corrected chi connectivity index (χ0v) is 8.80. The summed E-state index contributed by atoms with van der Waals surface area (Å²) in [5.41, 5.74) is 1.34. The van der Waals surface area contributed by atoms with Gasteiger partial charge >= 0.3 is 5.97 Å². The monoisotopic (exact) mass is 206 g/mol. The van der Waals surface area contributed by atoms with Crippen molar-refractivity contribution in [3.63, 3.8) is 0 Å². The molecule has 14 heavy (non-hydrogen) atoms. The Labute approximate surface area is 85.6 Å². The molecule has 0 aliphatic heterocycles. The Balaban J connectivity index is 2.65. The molecule has 0 saturated carbocycles. The number of carbonyl (C=O) groups is 1. The van der Waals surface area contributed by atoms with E-state index >= 15 is 0 Å². The quantitative estimate of drug-likeness (QED) is 0.431. The van der Waals surface area contributed by atoms with Crippen molar-refractivity contribution in [2.75, 3.05) is 0 Å². The van der Waals surface area contributed by atoms with E-state index in [4.69, 9.17) is 0 Å². The van der Waals surface area contributed by atoms with Crippen LogP contribution < -0.4 is 0 Å². The summed E-state index contributed by atoms with van der Waals surface area (Å²) < 4.78 is 4.43. The Kier molecular flexibility index (Phi) is 4.09. The van der Waals surface area contributed by atoms with Gasteiger partial charge in [-0.05, 0) is 11.6 Å². The number of benzene rings is 1. The second-order valence-electron chi connectivity index (χ2n) is 2.67.